The Morgan fingerprint density at radius 3 is 2.71 bits per heavy atom. The lowest BCUT2D eigenvalue weighted by molar-refractivity contribution is 0.187. The van der Waals surface area contributed by atoms with E-state index in [9.17, 15) is 5.11 Å². The monoisotopic (exact) mass is 358 g/mol. The van der Waals surface area contributed by atoms with Crippen molar-refractivity contribution < 1.29 is 9.52 Å². The number of rotatable bonds is 3. The first-order valence-electron chi connectivity index (χ1n) is 5.28. The summed E-state index contributed by atoms with van der Waals surface area (Å²) in [6, 6.07) is 9.75. The minimum absolute atomic E-state index is 0.389. The third kappa shape index (κ3) is 3.21. The van der Waals surface area contributed by atoms with E-state index in [1.54, 1.807) is 6.92 Å². The van der Waals surface area contributed by atoms with E-state index in [-0.39, 0.29) is 6.10 Å². The largest absolute Gasteiger partial charge is 0.461 e. The van der Waals surface area contributed by atoms with Gasteiger partial charge in [0, 0.05) is 20.9 Å². The van der Waals surface area contributed by atoms with Crippen molar-refractivity contribution in [2.75, 3.05) is 0 Å². The quantitative estimate of drug-likeness (QED) is 0.881. The van der Waals surface area contributed by atoms with Crippen LogP contribution in [0.15, 0.2) is 43.7 Å². The Morgan fingerprint density at radius 2 is 2.00 bits per heavy atom. The van der Waals surface area contributed by atoms with Crippen molar-refractivity contribution in [3.63, 3.8) is 0 Å². The summed E-state index contributed by atoms with van der Waals surface area (Å²) in [7, 11) is 0. The van der Waals surface area contributed by atoms with Gasteiger partial charge >= 0.3 is 0 Å². The van der Waals surface area contributed by atoms with Gasteiger partial charge in [0.05, 0.1) is 6.10 Å². The first kappa shape index (κ1) is 12.9. The third-order valence-corrected chi connectivity index (χ3v) is 3.54. The molecule has 0 aliphatic rings. The fourth-order valence-corrected chi connectivity index (χ4v) is 2.41. The Bertz CT molecular complexity index is 518. The third-order valence-electron chi connectivity index (χ3n) is 2.35. The van der Waals surface area contributed by atoms with Crippen molar-refractivity contribution in [3.05, 3.63) is 45.0 Å². The minimum Gasteiger partial charge on any atom is -0.461 e. The van der Waals surface area contributed by atoms with Crippen LogP contribution in [0.1, 0.15) is 12.7 Å². The van der Waals surface area contributed by atoms with Gasteiger partial charge in [-0.15, -0.1) is 0 Å². The number of hydrogen-bond donors (Lipinski definition) is 1. The number of halogens is 2. The molecule has 4 heteroatoms. The summed E-state index contributed by atoms with van der Waals surface area (Å²) in [4.78, 5) is 0. The smallest absolute Gasteiger partial charge is 0.135 e. The lowest BCUT2D eigenvalue weighted by atomic mass is 10.2. The highest BCUT2D eigenvalue weighted by atomic mass is 79.9. The van der Waals surface area contributed by atoms with Crippen molar-refractivity contribution in [1.82, 2.24) is 0 Å². The van der Waals surface area contributed by atoms with Crippen LogP contribution in [0, 0.1) is 0 Å². The first-order valence-corrected chi connectivity index (χ1v) is 6.87. The van der Waals surface area contributed by atoms with Crippen LogP contribution in [-0.4, -0.2) is 11.2 Å². The highest BCUT2D eigenvalue weighted by molar-refractivity contribution is 9.11. The summed E-state index contributed by atoms with van der Waals surface area (Å²) in [5, 5.41) is 9.31. The van der Waals surface area contributed by atoms with E-state index in [1.165, 1.54) is 0 Å². The SMILES string of the molecule is CC(O)Cc1ccc(-c2cc(Br)ccc2Br)o1. The van der Waals surface area contributed by atoms with Crippen LogP contribution in [0.2, 0.25) is 0 Å². The van der Waals surface area contributed by atoms with Gasteiger partial charge in [-0.3, -0.25) is 0 Å². The average Bonchev–Trinajstić information content (AvgIpc) is 2.69. The van der Waals surface area contributed by atoms with Crippen LogP contribution in [0.5, 0.6) is 0 Å². The molecule has 0 aliphatic heterocycles. The Morgan fingerprint density at radius 1 is 1.24 bits per heavy atom. The Balaban J connectivity index is 2.33. The fourth-order valence-electron chi connectivity index (χ4n) is 1.61. The number of benzene rings is 1. The molecule has 1 aromatic carbocycles. The molecule has 0 amide bonds. The van der Waals surface area contributed by atoms with E-state index in [1.807, 2.05) is 30.3 Å². The number of furan rings is 1. The zero-order valence-electron chi connectivity index (χ0n) is 9.28. The van der Waals surface area contributed by atoms with E-state index in [0.717, 1.165) is 26.0 Å². The number of hydrogen-bond acceptors (Lipinski definition) is 2. The maximum absolute atomic E-state index is 9.31. The van der Waals surface area contributed by atoms with Crippen LogP contribution in [0.3, 0.4) is 0 Å². The molecule has 2 aromatic rings. The summed E-state index contributed by atoms with van der Waals surface area (Å²) in [5.74, 6) is 1.59. The highest BCUT2D eigenvalue weighted by Crippen LogP contribution is 2.32. The summed E-state index contributed by atoms with van der Waals surface area (Å²) >= 11 is 6.94. The second-order valence-electron chi connectivity index (χ2n) is 3.94. The minimum atomic E-state index is -0.389. The second kappa shape index (κ2) is 5.38. The lowest BCUT2D eigenvalue weighted by Crippen LogP contribution is -2.02. The maximum atomic E-state index is 9.31. The van der Waals surface area contributed by atoms with Gasteiger partial charge in [0.1, 0.15) is 11.5 Å². The maximum Gasteiger partial charge on any atom is 0.135 e. The molecule has 0 fully saturated rings. The summed E-state index contributed by atoms with van der Waals surface area (Å²) in [6.07, 6.45) is 0.144. The fraction of sp³-hybridized carbons (Fsp3) is 0.231. The van der Waals surface area contributed by atoms with Crippen LogP contribution >= 0.6 is 31.9 Å². The molecule has 90 valence electrons. The first-order chi connectivity index (χ1) is 8.06. The number of aliphatic hydroxyl groups excluding tert-OH is 1. The van der Waals surface area contributed by atoms with Gasteiger partial charge in [-0.1, -0.05) is 31.9 Å². The molecule has 0 saturated heterocycles. The molecular formula is C13H12Br2O2. The molecule has 0 saturated carbocycles. The molecular weight excluding hydrogens is 348 g/mol. The average molecular weight is 360 g/mol. The lowest BCUT2D eigenvalue weighted by Gasteiger charge is -2.03. The van der Waals surface area contributed by atoms with Gasteiger partial charge in [0.25, 0.3) is 0 Å². The summed E-state index contributed by atoms with van der Waals surface area (Å²) in [5.41, 5.74) is 0.996. The van der Waals surface area contributed by atoms with E-state index < -0.39 is 0 Å². The van der Waals surface area contributed by atoms with E-state index in [2.05, 4.69) is 31.9 Å². The molecule has 1 atom stereocenters. The highest BCUT2D eigenvalue weighted by Gasteiger charge is 2.10. The van der Waals surface area contributed by atoms with Crippen LogP contribution in [-0.2, 0) is 6.42 Å². The van der Waals surface area contributed by atoms with E-state index in [0.29, 0.717) is 6.42 Å². The standard InChI is InChI=1S/C13H12Br2O2/c1-8(16)6-10-3-5-13(17-10)11-7-9(14)2-4-12(11)15/h2-5,7-8,16H,6H2,1H3. The molecule has 1 heterocycles. The molecule has 2 nitrogen and oxygen atoms in total. The molecule has 0 spiro atoms. The summed E-state index contributed by atoms with van der Waals surface area (Å²) < 4.78 is 7.69. The zero-order valence-corrected chi connectivity index (χ0v) is 12.5. The van der Waals surface area contributed by atoms with Crippen LogP contribution in [0.4, 0.5) is 0 Å². The normalized spacial score (nSPS) is 12.7. The van der Waals surface area contributed by atoms with Crippen molar-refractivity contribution in [3.8, 4) is 11.3 Å². The Hall–Kier alpha value is -0.580. The predicted molar refractivity (Wildman–Crippen MR) is 74.9 cm³/mol. The molecule has 1 unspecified atom stereocenters. The van der Waals surface area contributed by atoms with Crippen LogP contribution < -0.4 is 0 Å². The van der Waals surface area contributed by atoms with E-state index in [4.69, 9.17) is 4.42 Å². The molecule has 0 radical (unpaired) electrons. The second-order valence-corrected chi connectivity index (χ2v) is 5.71. The molecule has 17 heavy (non-hydrogen) atoms. The van der Waals surface area contributed by atoms with E-state index >= 15 is 0 Å². The topological polar surface area (TPSA) is 33.4 Å². The molecule has 0 bridgehead atoms. The van der Waals surface area contributed by atoms with Gasteiger partial charge in [-0.05, 0) is 37.3 Å². The van der Waals surface area contributed by atoms with Gasteiger partial charge in [0.2, 0.25) is 0 Å². The molecule has 0 aliphatic carbocycles. The molecule has 1 N–H and O–H groups in total. The predicted octanol–water partition coefficient (Wildman–Crippen LogP) is 4.39. The molecule has 1 aromatic heterocycles. The van der Waals surface area contributed by atoms with Crippen LogP contribution in [0.25, 0.3) is 11.3 Å². The van der Waals surface area contributed by atoms with Crippen molar-refractivity contribution in [1.29, 1.82) is 0 Å². The van der Waals surface area contributed by atoms with Gasteiger partial charge < -0.3 is 9.52 Å². The summed E-state index contributed by atoms with van der Waals surface area (Å²) in [6.45, 7) is 1.75. The van der Waals surface area contributed by atoms with Gasteiger partial charge in [-0.2, -0.15) is 0 Å². The van der Waals surface area contributed by atoms with Gasteiger partial charge in [0.15, 0.2) is 0 Å². The Labute approximate surface area is 117 Å². The number of aliphatic hydroxyl groups is 1. The van der Waals surface area contributed by atoms with Gasteiger partial charge in [-0.25, -0.2) is 0 Å². The Kier molecular flexibility index (Phi) is 4.07. The van der Waals surface area contributed by atoms with Crippen molar-refractivity contribution >= 4 is 31.9 Å². The zero-order chi connectivity index (χ0) is 12.4. The molecule has 2 rings (SSSR count). The van der Waals surface area contributed by atoms with Crippen molar-refractivity contribution in [2.24, 2.45) is 0 Å². The van der Waals surface area contributed by atoms with Crippen molar-refractivity contribution in [2.45, 2.75) is 19.4 Å².